The summed E-state index contributed by atoms with van der Waals surface area (Å²) in [7, 11) is 0. The van der Waals surface area contributed by atoms with E-state index in [0.717, 1.165) is 11.1 Å². The van der Waals surface area contributed by atoms with Crippen molar-refractivity contribution in [2.45, 2.75) is 5.88 Å². The van der Waals surface area contributed by atoms with Crippen molar-refractivity contribution in [1.29, 1.82) is 5.26 Å². The third kappa shape index (κ3) is 2.02. The number of nitriles is 1. The van der Waals surface area contributed by atoms with Crippen LogP contribution in [0.5, 0.6) is 0 Å². The predicted molar refractivity (Wildman–Crippen MR) is 61.7 cm³/mol. The topological polar surface area (TPSA) is 49.6 Å². The maximum Gasteiger partial charge on any atom is 0.166 e. The van der Waals surface area contributed by atoms with Crippen LogP contribution in [0, 0.1) is 11.3 Å². The van der Waals surface area contributed by atoms with Crippen molar-refractivity contribution in [2.75, 3.05) is 0 Å². The van der Waals surface area contributed by atoms with E-state index in [1.807, 2.05) is 30.3 Å². The van der Waals surface area contributed by atoms with Crippen molar-refractivity contribution in [1.82, 2.24) is 9.97 Å². The predicted octanol–water partition coefficient (Wildman–Crippen LogP) is 2.75. The van der Waals surface area contributed by atoms with Crippen molar-refractivity contribution in [3.8, 4) is 17.3 Å². The summed E-state index contributed by atoms with van der Waals surface area (Å²) in [6.45, 7) is 0. The summed E-state index contributed by atoms with van der Waals surface area (Å²) in [5.74, 6) is 0.478. The third-order valence-electron chi connectivity index (χ3n) is 2.19. The van der Waals surface area contributed by atoms with E-state index < -0.39 is 0 Å². The summed E-state index contributed by atoms with van der Waals surface area (Å²) in [6.07, 6.45) is 3.08. The van der Waals surface area contributed by atoms with E-state index in [4.69, 9.17) is 16.9 Å². The van der Waals surface area contributed by atoms with Crippen molar-refractivity contribution in [3.05, 3.63) is 47.9 Å². The van der Waals surface area contributed by atoms with Crippen LogP contribution in [-0.2, 0) is 5.88 Å². The van der Waals surface area contributed by atoms with E-state index in [2.05, 4.69) is 9.97 Å². The highest BCUT2D eigenvalue weighted by atomic mass is 35.5. The summed E-state index contributed by atoms with van der Waals surface area (Å²) in [6, 6.07) is 9.64. The molecule has 78 valence electrons. The fourth-order valence-electron chi connectivity index (χ4n) is 1.38. The average Bonchev–Trinajstić information content (AvgIpc) is 2.39. The van der Waals surface area contributed by atoms with Crippen molar-refractivity contribution < 1.29 is 0 Å². The molecule has 1 aromatic carbocycles. The smallest absolute Gasteiger partial charge is 0.166 e. The van der Waals surface area contributed by atoms with E-state index in [-0.39, 0.29) is 0 Å². The van der Waals surface area contributed by atoms with E-state index in [0.29, 0.717) is 17.3 Å². The van der Waals surface area contributed by atoms with Gasteiger partial charge in [-0.2, -0.15) is 5.26 Å². The minimum Gasteiger partial charge on any atom is -0.252 e. The third-order valence-corrected chi connectivity index (χ3v) is 2.49. The van der Waals surface area contributed by atoms with Crippen LogP contribution in [0.15, 0.2) is 36.7 Å². The number of aromatic nitrogens is 2. The van der Waals surface area contributed by atoms with Gasteiger partial charge in [-0.3, -0.25) is 4.98 Å². The highest BCUT2D eigenvalue weighted by molar-refractivity contribution is 6.17. The molecule has 4 heteroatoms. The van der Waals surface area contributed by atoms with Crippen LogP contribution in [0.4, 0.5) is 0 Å². The Labute approximate surface area is 98.4 Å². The lowest BCUT2D eigenvalue weighted by molar-refractivity contribution is 1.17. The van der Waals surface area contributed by atoms with Crippen LogP contribution in [0.3, 0.4) is 0 Å². The van der Waals surface area contributed by atoms with Crippen LogP contribution in [0.1, 0.15) is 11.3 Å². The molecule has 0 atom stereocenters. The Hall–Kier alpha value is -1.92. The Balaban J connectivity index is 2.47. The zero-order valence-corrected chi connectivity index (χ0v) is 9.15. The number of halogens is 1. The molecular formula is C12H8ClN3. The molecule has 0 saturated heterocycles. The zero-order chi connectivity index (χ0) is 11.4. The van der Waals surface area contributed by atoms with Gasteiger partial charge in [0, 0.05) is 23.8 Å². The molecule has 0 bridgehead atoms. The fourth-order valence-corrected chi connectivity index (χ4v) is 1.56. The van der Waals surface area contributed by atoms with Crippen LogP contribution < -0.4 is 0 Å². The lowest BCUT2D eigenvalue weighted by Crippen LogP contribution is -1.92. The van der Waals surface area contributed by atoms with Gasteiger partial charge in [0.1, 0.15) is 11.8 Å². The minimum absolute atomic E-state index is 0.334. The monoisotopic (exact) mass is 229 g/mol. The number of nitrogens with zero attached hydrogens (tertiary/aromatic N) is 3. The molecule has 0 fully saturated rings. The number of alkyl halides is 1. The van der Waals surface area contributed by atoms with Gasteiger partial charge in [0.15, 0.2) is 5.69 Å². The van der Waals surface area contributed by atoms with Crippen LogP contribution in [0.2, 0.25) is 0 Å². The number of hydrogen-bond donors (Lipinski definition) is 0. The Morgan fingerprint density at radius 3 is 2.44 bits per heavy atom. The first kappa shape index (κ1) is 10.6. The SMILES string of the molecule is N#Cc1nccnc1-c1ccc(CCl)cc1. The van der Waals surface area contributed by atoms with Gasteiger partial charge in [-0.15, -0.1) is 11.6 Å². The van der Waals surface area contributed by atoms with Gasteiger partial charge in [-0.1, -0.05) is 24.3 Å². The lowest BCUT2D eigenvalue weighted by Gasteiger charge is -2.02. The molecular weight excluding hydrogens is 222 g/mol. The second kappa shape index (κ2) is 4.73. The summed E-state index contributed by atoms with van der Waals surface area (Å²) in [5, 5.41) is 8.91. The number of rotatable bonds is 2. The maximum absolute atomic E-state index is 8.91. The quantitative estimate of drug-likeness (QED) is 0.744. The largest absolute Gasteiger partial charge is 0.252 e. The summed E-state index contributed by atoms with van der Waals surface area (Å²) >= 11 is 5.70. The first-order valence-electron chi connectivity index (χ1n) is 4.71. The second-order valence-corrected chi connectivity index (χ2v) is 3.46. The van der Waals surface area contributed by atoms with Gasteiger partial charge in [0.2, 0.25) is 0 Å². The van der Waals surface area contributed by atoms with E-state index in [9.17, 15) is 0 Å². The van der Waals surface area contributed by atoms with Crippen LogP contribution in [-0.4, -0.2) is 9.97 Å². The standard InChI is InChI=1S/C12H8ClN3/c13-7-9-1-3-10(4-2-9)12-11(8-14)15-5-6-16-12/h1-6H,7H2. The highest BCUT2D eigenvalue weighted by Gasteiger charge is 2.06. The Morgan fingerprint density at radius 1 is 1.12 bits per heavy atom. The highest BCUT2D eigenvalue weighted by Crippen LogP contribution is 2.20. The Bertz CT molecular complexity index is 529. The molecule has 1 aromatic heterocycles. The molecule has 0 aliphatic rings. The van der Waals surface area contributed by atoms with E-state index in [1.54, 1.807) is 6.20 Å². The lowest BCUT2D eigenvalue weighted by atomic mass is 10.1. The van der Waals surface area contributed by atoms with Gasteiger partial charge in [-0.05, 0) is 5.56 Å². The molecule has 16 heavy (non-hydrogen) atoms. The molecule has 0 aliphatic heterocycles. The van der Waals surface area contributed by atoms with Crippen molar-refractivity contribution in [3.63, 3.8) is 0 Å². The minimum atomic E-state index is 0.334. The molecule has 0 aliphatic carbocycles. The van der Waals surface area contributed by atoms with Gasteiger partial charge in [-0.25, -0.2) is 4.98 Å². The first-order chi connectivity index (χ1) is 7.85. The van der Waals surface area contributed by atoms with Crippen LogP contribution in [0.25, 0.3) is 11.3 Å². The van der Waals surface area contributed by atoms with E-state index in [1.165, 1.54) is 6.20 Å². The molecule has 0 amide bonds. The van der Waals surface area contributed by atoms with E-state index >= 15 is 0 Å². The maximum atomic E-state index is 8.91. The molecule has 0 spiro atoms. The number of hydrogen-bond acceptors (Lipinski definition) is 3. The van der Waals surface area contributed by atoms with Gasteiger partial charge in [0.05, 0.1) is 0 Å². The Kier molecular flexibility index (Phi) is 3.13. The summed E-state index contributed by atoms with van der Waals surface area (Å²) in [5.41, 5.74) is 2.85. The molecule has 2 aromatic rings. The molecule has 2 rings (SSSR count). The Morgan fingerprint density at radius 2 is 1.81 bits per heavy atom. The molecule has 3 nitrogen and oxygen atoms in total. The molecule has 0 N–H and O–H groups in total. The fraction of sp³-hybridized carbons (Fsp3) is 0.0833. The first-order valence-corrected chi connectivity index (χ1v) is 5.25. The van der Waals surface area contributed by atoms with Crippen molar-refractivity contribution >= 4 is 11.6 Å². The average molecular weight is 230 g/mol. The summed E-state index contributed by atoms with van der Waals surface area (Å²) in [4.78, 5) is 8.12. The van der Waals surface area contributed by atoms with Gasteiger partial charge < -0.3 is 0 Å². The van der Waals surface area contributed by atoms with Crippen LogP contribution >= 0.6 is 11.6 Å². The molecule has 0 saturated carbocycles. The number of benzene rings is 1. The zero-order valence-electron chi connectivity index (χ0n) is 8.39. The van der Waals surface area contributed by atoms with Crippen molar-refractivity contribution in [2.24, 2.45) is 0 Å². The van der Waals surface area contributed by atoms with Gasteiger partial charge >= 0.3 is 0 Å². The normalized spacial score (nSPS) is 9.75. The molecule has 0 radical (unpaired) electrons. The molecule has 1 heterocycles. The summed E-state index contributed by atoms with van der Waals surface area (Å²) < 4.78 is 0. The molecule has 0 unspecified atom stereocenters. The van der Waals surface area contributed by atoms with Gasteiger partial charge in [0.25, 0.3) is 0 Å². The second-order valence-electron chi connectivity index (χ2n) is 3.20.